The van der Waals surface area contributed by atoms with Crippen molar-refractivity contribution in [3.8, 4) is 11.5 Å². The third-order valence-electron chi connectivity index (χ3n) is 2.60. The number of rotatable bonds is 3. The van der Waals surface area contributed by atoms with Gasteiger partial charge in [0.1, 0.15) is 17.1 Å². The molecule has 0 saturated carbocycles. The second kappa shape index (κ2) is 5.65. The van der Waals surface area contributed by atoms with Gasteiger partial charge in [-0.05, 0) is 24.3 Å². The van der Waals surface area contributed by atoms with Crippen molar-refractivity contribution in [1.82, 2.24) is 0 Å². The lowest BCUT2D eigenvalue weighted by atomic mass is 10.1. The van der Waals surface area contributed by atoms with Crippen LogP contribution in [0.25, 0.3) is 0 Å². The number of hydrogen-bond donors (Lipinski definition) is 1. The maximum atomic E-state index is 12.9. The van der Waals surface area contributed by atoms with Crippen LogP contribution in [-0.2, 0) is 6.18 Å². The Labute approximate surface area is 122 Å². The predicted molar refractivity (Wildman–Crippen MR) is 69.9 cm³/mol. The van der Waals surface area contributed by atoms with Crippen molar-refractivity contribution in [3.05, 3.63) is 58.6 Å². The highest BCUT2D eigenvalue weighted by Crippen LogP contribution is 2.39. The fourth-order valence-electron chi connectivity index (χ4n) is 1.71. The molecule has 0 saturated heterocycles. The molecule has 1 N–H and O–H groups in total. The molecular formula is C14H8ClF3O3. The Morgan fingerprint density at radius 2 is 1.67 bits per heavy atom. The quantitative estimate of drug-likeness (QED) is 0.880. The van der Waals surface area contributed by atoms with E-state index >= 15 is 0 Å². The number of carboxylic acid groups (broad SMARTS) is 1. The molecule has 3 nitrogen and oxygen atoms in total. The van der Waals surface area contributed by atoms with Crippen molar-refractivity contribution in [2.75, 3.05) is 0 Å². The summed E-state index contributed by atoms with van der Waals surface area (Å²) in [5.74, 6) is -2.14. The largest absolute Gasteiger partial charge is 0.478 e. The molecule has 0 aliphatic heterocycles. The fourth-order valence-corrected chi connectivity index (χ4v) is 1.95. The van der Waals surface area contributed by atoms with Gasteiger partial charge in [0.2, 0.25) is 0 Å². The summed E-state index contributed by atoms with van der Waals surface area (Å²) in [5, 5.41) is 8.95. The SMILES string of the molecule is O=C(O)c1c(Cl)cccc1Oc1ccccc1C(F)(F)F. The Morgan fingerprint density at radius 3 is 2.29 bits per heavy atom. The van der Waals surface area contributed by atoms with Crippen molar-refractivity contribution in [2.45, 2.75) is 6.18 Å². The van der Waals surface area contributed by atoms with Gasteiger partial charge in [0, 0.05) is 0 Å². The van der Waals surface area contributed by atoms with E-state index < -0.39 is 29.0 Å². The Bertz CT molecular complexity index is 683. The van der Waals surface area contributed by atoms with Gasteiger partial charge in [-0.15, -0.1) is 0 Å². The topological polar surface area (TPSA) is 46.5 Å². The average Bonchev–Trinajstić information content (AvgIpc) is 2.37. The number of para-hydroxylation sites is 1. The van der Waals surface area contributed by atoms with E-state index in [-0.39, 0.29) is 10.8 Å². The number of carboxylic acids is 1. The normalized spacial score (nSPS) is 11.2. The lowest BCUT2D eigenvalue weighted by Crippen LogP contribution is -2.08. The van der Waals surface area contributed by atoms with Gasteiger partial charge >= 0.3 is 12.1 Å². The van der Waals surface area contributed by atoms with E-state index in [0.29, 0.717) is 0 Å². The summed E-state index contributed by atoms with van der Waals surface area (Å²) in [6, 6.07) is 8.47. The second-order valence-corrected chi connectivity index (χ2v) is 4.42. The third kappa shape index (κ3) is 3.28. The summed E-state index contributed by atoms with van der Waals surface area (Å²) in [7, 11) is 0. The Morgan fingerprint density at radius 1 is 1.05 bits per heavy atom. The minimum atomic E-state index is -4.61. The van der Waals surface area contributed by atoms with Crippen molar-refractivity contribution in [1.29, 1.82) is 0 Å². The van der Waals surface area contributed by atoms with Gasteiger partial charge in [-0.3, -0.25) is 0 Å². The summed E-state index contributed by atoms with van der Waals surface area (Å²) in [6.45, 7) is 0. The van der Waals surface area contributed by atoms with Crippen molar-refractivity contribution in [2.24, 2.45) is 0 Å². The van der Waals surface area contributed by atoms with E-state index in [9.17, 15) is 18.0 Å². The zero-order valence-corrected chi connectivity index (χ0v) is 11.1. The van der Waals surface area contributed by atoms with Crippen LogP contribution in [0.15, 0.2) is 42.5 Å². The molecule has 0 atom stereocenters. The molecule has 0 aromatic heterocycles. The van der Waals surface area contributed by atoms with Gasteiger partial charge in [0.15, 0.2) is 0 Å². The van der Waals surface area contributed by atoms with Gasteiger partial charge in [-0.1, -0.05) is 29.8 Å². The molecule has 0 unspecified atom stereocenters. The van der Waals surface area contributed by atoms with Crippen LogP contribution >= 0.6 is 11.6 Å². The van der Waals surface area contributed by atoms with Crippen LogP contribution in [0, 0.1) is 0 Å². The number of alkyl halides is 3. The van der Waals surface area contributed by atoms with E-state index in [0.717, 1.165) is 12.1 Å². The molecule has 0 radical (unpaired) electrons. The summed E-state index contributed by atoms with van der Waals surface area (Å²) in [5.41, 5.74) is -1.39. The Balaban J connectivity index is 2.50. The minimum absolute atomic E-state index is 0.121. The molecule has 2 aromatic carbocycles. The first kappa shape index (κ1) is 15.2. The van der Waals surface area contributed by atoms with E-state index in [1.54, 1.807) is 0 Å². The molecule has 0 fully saturated rings. The van der Waals surface area contributed by atoms with E-state index in [1.807, 2.05) is 0 Å². The highest BCUT2D eigenvalue weighted by Gasteiger charge is 2.34. The molecule has 7 heteroatoms. The van der Waals surface area contributed by atoms with E-state index in [1.165, 1.54) is 30.3 Å². The molecule has 0 bridgehead atoms. The predicted octanol–water partition coefficient (Wildman–Crippen LogP) is 4.85. The smallest absolute Gasteiger partial charge is 0.419 e. The zero-order chi connectivity index (χ0) is 15.6. The van der Waals surface area contributed by atoms with Gasteiger partial charge in [0.25, 0.3) is 0 Å². The lowest BCUT2D eigenvalue weighted by molar-refractivity contribution is -0.138. The van der Waals surface area contributed by atoms with Crippen LogP contribution in [0.1, 0.15) is 15.9 Å². The van der Waals surface area contributed by atoms with Crippen molar-refractivity contribution in [3.63, 3.8) is 0 Å². The number of ether oxygens (including phenoxy) is 1. The summed E-state index contributed by atoms with van der Waals surface area (Å²) in [6.07, 6.45) is -4.61. The highest BCUT2D eigenvalue weighted by molar-refractivity contribution is 6.33. The zero-order valence-electron chi connectivity index (χ0n) is 10.3. The molecule has 0 amide bonds. The first-order chi connectivity index (χ1) is 9.80. The van der Waals surface area contributed by atoms with Crippen molar-refractivity contribution >= 4 is 17.6 Å². The van der Waals surface area contributed by atoms with E-state index in [2.05, 4.69) is 0 Å². The first-order valence-electron chi connectivity index (χ1n) is 5.66. The second-order valence-electron chi connectivity index (χ2n) is 4.01. The number of carbonyl (C=O) groups is 1. The number of aromatic carboxylic acids is 1. The van der Waals surface area contributed by atoms with Crippen LogP contribution in [0.2, 0.25) is 5.02 Å². The number of halogens is 4. The maximum Gasteiger partial charge on any atom is 0.419 e. The molecule has 21 heavy (non-hydrogen) atoms. The summed E-state index contributed by atoms with van der Waals surface area (Å²) in [4.78, 5) is 11.1. The van der Waals surface area contributed by atoms with Crippen LogP contribution in [-0.4, -0.2) is 11.1 Å². The standard InChI is InChI=1S/C14H8ClF3O3/c15-9-5-3-7-11(12(9)13(19)20)21-10-6-2-1-4-8(10)14(16,17)18/h1-7H,(H,19,20). The Kier molecular flexibility index (Phi) is 4.09. The third-order valence-corrected chi connectivity index (χ3v) is 2.92. The average molecular weight is 317 g/mol. The molecular weight excluding hydrogens is 309 g/mol. The Hall–Kier alpha value is -2.21. The van der Waals surface area contributed by atoms with Gasteiger partial charge in [-0.25, -0.2) is 4.79 Å². The molecule has 0 aliphatic rings. The molecule has 2 rings (SSSR count). The number of benzene rings is 2. The molecule has 0 heterocycles. The maximum absolute atomic E-state index is 12.9. The lowest BCUT2D eigenvalue weighted by Gasteiger charge is -2.15. The monoisotopic (exact) mass is 316 g/mol. The fraction of sp³-hybridized carbons (Fsp3) is 0.0714. The van der Waals surface area contributed by atoms with Crippen LogP contribution in [0.5, 0.6) is 11.5 Å². The van der Waals surface area contributed by atoms with E-state index in [4.69, 9.17) is 21.4 Å². The first-order valence-corrected chi connectivity index (χ1v) is 6.04. The van der Waals surface area contributed by atoms with Crippen LogP contribution < -0.4 is 4.74 Å². The molecule has 110 valence electrons. The van der Waals surface area contributed by atoms with Crippen LogP contribution in [0.3, 0.4) is 0 Å². The summed E-state index contributed by atoms with van der Waals surface area (Å²) >= 11 is 5.74. The van der Waals surface area contributed by atoms with Gasteiger partial charge < -0.3 is 9.84 Å². The van der Waals surface area contributed by atoms with Gasteiger partial charge in [0.05, 0.1) is 10.6 Å². The minimum Gasteiger partial charge on any atom is -0.478 e. The van der Waals surface area contributed by atoms with Gasteiger partial charge in [-0.2, -0.15) is 13.2 Å². The molecule has 0 aliphatic carbocycles. The van der Waals surface area contributed by atoms with Crippen LogP contribution in [0.4, 0.5) is 13.2 Å². The number of hydrogen-bond acceptors (Lipinski definition) is 2. The molecule has 0 spiro atoms. The summed E-state index contributed by atoms with van der Waals surface area (Å²) < 4.78 is 43.7. The molecule has 2 aromatic rings. The highest BCUT2D eigenvalue weighted by atomic mass is 35.5. The van der Waals surface area contributed by atoms with Crippen molar-refractivity contribution < 1.29 is 27.8 Å².